The summed E-state index contributed by atoms with van der Waals surface area (Å²) < 4.78 is 1.30. The van der Waals surface area contributed by atoms with E-state index < -0.39 is 0 Å². The molecule has 1 heterocycles. The highest BCUT2D eigenvalue weighted by atomic mass is 127. The molecule has 1 nitrogen and oxygen atoms in total. The summed E-state index contributed by atoms with van der Waals surface area (Å²) in [4.78, 5) is 3.48. The number of H-pyrrole nitrogens is 1. The van der Waals surface area contributed by atoms with E-state index in [0.717, 1.165) is 0 Å². The monoisotopic (exact) mass is 313 g/mol. The molecule has 1 aromatic carbocycles. The van der Waals surface area contributed by atoms with Crippen molar-refractivity contribution in [1.82, 2.24) is 4.98 Å². The van der Waals surface area contributed by atoms with Crippen LogP contribution in [0.1, 0.15) is 31.9 Å². The maximum atomic E-state index is 3.48. The maximum absolute atomic E-state index is 3.48. The molecule has 0 unspecified atom stereocenters. The highest BCUT2D eigenvalue weighted by Gasteiger charge is 2.00. The minimum absolute atomic E-state index is 1.18. The summed E-state index contributed by atoms with van der Waals surface area (Å²) in [6, 6.07) is 8.83. The van der Waals surface area contributed by atoms with Crippen LogP contribution in [0.5, 0.6) is 0 Å². The van der Waals surface area contributed by atoms with Crippen LogP contribution in [0.4, 0.5) is 0 Å². The van der Waals surface area contributed by atoms with Crippen molar-refractivity contribution in [2.45, 2.75) is 32.6 Å². The van der Waals surface area contributed by atoms with E-state index in [1.54, 1.807) is 0 Å². The van der Waals surface area contributed by atoms with Gasteiger partial charge in [0.15, 0.2) is 0 Å². The van der Waals surface area contributed by atoms with Crippen molar-refractivity contribution in [2.24, 2.45) is 0 Å². The molecule has 0 fully saturated rings. The number of aromatic amines is 1. The summed E-state index contributed by atoms with van der Waals surface area (Å²) in [7, 11) is 0. The van der Waals surface area contributed by atoms with Gasteiger partial charge in [0.05, 0.1) is 0 Å². The first-order chi connectivity index (χ1) is 7.29. The Labute approximate surface area is 104 Å². The van der Waals surface area contributed by atoms with Crippen molar-refractivity contribution < 1.29 is 0 Å². The van der Waals surface area contributed by atoms with E-state index in [1.165, 1.54) is 45.9 Å². The Bertz CT molecular complexity index is 445. The molecule has 0 aliphatic rings. The average molecular weight is 313 g/mol. The van der Waals surface area contributed by atoms with Crippen LogP contribution in [0.15, 0.2) is 24.3 Å². The second kappa shape index (κ2) is 5.01. The normalized spacial score (nSPS) is 11.1. The van der Waals surface area contributed by atoms with E-state index >= 15 is 0 Å². The van der Waals surface area contributed by atoms with Crippen molar-refractivity contribution in [3.05, 3.63) is 33.5 Å². The Morgan fingerprint density at radius 3 is 2.87 bits per heavy atom. The average Bonchev–Trinajstić information content (AvgIpc) is 2.60. The third kappa shape index (κ3) is 2.74. The molecule has 0 radical (unpaired) electrons. The van der Waals surface area contributed by atoms with Crippen LogP contribution in [0.2, 0.25) is 0 Å². The largest absolute Gasteiger partial charge is 0.358 e. The maximum Gasteiger partial charge on any atom is 0.0456 e. The van der Waals surface area contributed by atoms with Gasteiger partial charge in [0, 0.05) is 20.2 Å². The third-order valence-electron chi connectivity index (χ3n) is 2.69. The summed E-state index contributed by atoms with van der Waals surface area (Å²) in [6.07, 6.45) is 5.09. The van der Waals surface area contributed by atoms with Crippen LogP contribution in [-0.4, -0.2) is 4.98 Å². The lowest BCUT2D eigenvalue weighted by Crippen LogP contribution is -1.84. The van der Waals surface area contributed by atoms with Crippen molar-refractivity contribution in [3.63, 3.8) is 0 Å². The highest BCUT2D eigenvalue weighted by molar-refractivity contribution is 14.1. The Morgan fingerprint density at radius 2 is 2.07 bits per heavy atom. The van der Waals surface area contributed by atoms with Gasteiger partial charge in [0.1, 0.15) is 0 Å². The molecule has 0 aliphatic carbocycles. The summed E-state index contributed by atoms with van der Waals surface area (Å²) >= 11 is 2.36. The quantitative estimate of drug-likeness (QED) is 0.632. The van der Waals surface area contributed by atoms with Crippen molar-refractivity contribution in [1.29, 1.82) is 0 Å². The fraction of sp³-hybridized carbons (Fsp3) is 0.385. The number of hydrogen-bond donors (Lipinski definition) is 1. The van der Waals surface area contributed by atoms with E-state index in [9.17, 15) is 0 Å². The second-order valence-electron chi connectivity index (χ2n) is 3.98. The molecule has 0 saturated carbocycles. The van der Waals surface area contributed by atoms with Crippen LogP contribution in [0.25, 0.3) is 10.9 Å². The molecule has 2 rings (SSSR count). The Hall–Kier alpha value is -0.510. The van der Waals surface area contributed by atoms with Gasteiger partial charge in [0.2, 0.25) is 0 Å². The summed E-state index contributed by atoms with van der Waals surface area (Å²) in [6.45, 7) is 2.24. The fourth-order valence-corrected chi connectivity index (χ4v) is 2.38. The minimum atomic E-state index is 1.18. The molecule has 0 spiro atoms. The lowest BCUT2D eigenvalue weighted by molar-refractivity contribution is 0.710. The topological polar surface area (TPSA) is 15.8 Å². The third-order valence-corrected chi connectivity index (χ3v) is 3.36. The van der Waals surface area contributed by atoms with Crippen LogP contribution in [-0.2, 0) is 6.42 Å². The Balaban J connectivity index is 2.16. The molecule has 0 aliphatic heterocycles. The number of halogens is 1. The van der Waals surface area contributed by atoms with E-state index in [4.69, 9.17) is 0 Å². The molecule has 0 bridgehead atoms. The van der Waals surface area contributed by atoms with Gasteiger partial charge in [-0.1, -0.05) is 19.8 Å². The van der Waals surface area contributed by atoms with Crippen molar-refractivity contribution >= 4 is 33.5 Å². The van der Waals surface area contributed by atoms with Crippen LogP contribution in [0, 0.1) is 3.57 Å². The number of hydrogen-bond acceptors (Lipinski definition) is 0. The number of fused-ring (bicyclic) bond motifs is 1. The minimum Gasteiger partial charge on any atom is -0.358 e. The first-order valence-electron chi connectivity index (χ1n) is 5.57. The number of benzene rings is 1. The molecule has 0 amide bonds. The first kappa shape index (κ1) is 11.0. The zero-order valence-electron chi connectivity index (χ0n) is 9.02. The van der Waals surface area contributed by atoms with E-state index in [0.29, 0.717) is 0 Å². The summed E-state index contributed by atoms with van der Waals surface area (Å²) in [5.74, 6) is 0. The van der Waals surface area contributed by atoms with Gasteiger partial charge in [-0.05, 0) is 59.7 Å². The zero-order valence-corrected chi connectivity index (χ0v) is 11.2. The summed E-state index contributed by atoms with van der Waals surface area (Å²) in [5, 5.41) is 1.34. The smallest absolute Gasteiger partial charge is 0.0456 e. The lowest BCUT2D eigenvalue weighted by atomic mass is 10.1. The Morgan fingerprint density at radius 1 is 1.20 bits per heavy atom. The Kier molecular flexibility index (Phi) is 3.67. The van der Waals surface area contributed by atoms with Gasteiger partial charge < -0.3 is 4.98 Å². The molecule has 1 N–H and O–H groups in total. The summed E-state index contributed by atoms with van der Waals surface area (Å²) in [5.41, 5.74) is 2.64. The number of nitrogens with one attached hydrogen (secondary N) is 1. The molecular formula is C13H16IN. The molecule has 2 aromatic rings. The zero-order chi connectivity index (χ0) is 10.7. The van der Waals surface area contributed by atoms with Gasteiger partial charge in [-0.2, -0.15) is 0 Å². The van der Waals surface area contributed by atoms with Gasteiger partial charge in [0.25, 0.3) is 0 Å². The molecule has 0 saturated heterocycles. The number of rotatable bonds is 4. The molecule has 80 valence electrons. The van der Waals surface area contributed by atoms with Crippen LogP contribution < -0.4 is 0 Å². The van der Waals surface area contributed by atoms with Crippen molar-refractivity contribution in [2.75, 3.05) is 0 Å². The van der Waals surface area contributed by atoms with Gasteiger partial charge in [-0.3, -0.25) is 0 Å². The van der Waals surface area contributed by atoms with Crippen molar-refractivity contribution in [3.8, 4) is 0 Å². The number of unbranched alkanes of at least 4 members (excludes halogenated alkanes) is 2. The SMILES string of the molecule is CCCCCc1cc2cc(I)ccc2[nH]1. The number of aryl methyl sites for hydroxylation is 1. The standard InChI is InChI=1S/C13H16IN/c1-2-3-4-5-12-9-10-8-11(14)6-7-13(10)15-12/h6-9,15H,2-5H2,1H3. The van der Waals surface area contributed by atoms with Gasteiger partial charge in [-0.25, -0.2) is 0 Å². The fourth-order valence-electron chi connectivity index (χ4n) is 1.86. The molecule has 0 atom stereocenters. The van der Waals surface area contributed by atoms with E-state index in [2.05, 4.69) is 58.8 Å². The second-order valence-corrected chi connectivity index (χ2v) is 5.23. The van der Waals surface area contributed by atoms with Crippen LogP contribution in [0.3, 0.4) is 0 Å². The predicted octanol–water partition coefficient (Wildman–Crippen LogP) is 4.51. The molecular weight excluding hydrogens is 297 g/mol. The lowest BCUT2D eigenvalue weighted by Gasteiger charge is -1.95. The highest BCUT2D eigenvalue weighted by Crippen LogP contribution is 2.19. The van der Waals surface area contributed by atoms with Crippen LogP contribution >= 0.6 is 22.6 Å². The molecule has 15 heavy (non-hydrogen) atoms. The molecule has 2 heteroatoms. The van der Waals surface area contributed by atoms with E-state index in [-0.39, 0.29) is 0 Å². The number of aromatic nitrogens is 1. The predicted molar refractivity (Wildman–Crippen MR) is 74.2 cm³/mol. The first-order valence-corrected chi connectivity index (χ1v) is 6.64. The van der Waals surface area contributed by atoms with Gasteiger partial charge >= 0.3 is 0 Å². The molecule has 1 aromatic heterocycles. The van der Waals surface area contributed by atoms with Gasteiger partial charge in [-0.15, -0.1) is 0 Å². The van der Waals surface area contributed by atoms with E-state index in [1.807, 2.05) is 0 Å².